The van der Waals surface area contributed by atoms with Gasteiger partial charge in [-0.05, 0) is 49.8 Å². The van der Waals surface area contributed by atoms with Gasteiger partial charge in [0.15, 0.2) is 5.13 Å². The van der Waals surface area contributed by atoms with Gasteiger partial charge in [0.25, 0.3) is 0 Å². The molecule has 1 aliphatic heterocycles. The van der Waals surface area contributed by atoms with Crippen LogP contribution in [0.1, 0.15) is 44.6 Å². The Morgan fingerprint density at radius 3 is 3.09 bits per heavy atom. The number of aryl methyl sites for hydroxylation is 1. The molecule has 0 amide bonds. The van der Waals surface area contributed by atoms with Gasteiger partial charge in [-0.1, -0.05) is 30.7 Å². The standard InChI is InChI=1S/C17H22N2O2S/c1-2-3-6-12-8-9-13-15(11-12)22-17(18-13)19-10-5-4-7-14(19)16(20)21/h8-9,11,14H,2-7,10H2,1H3,(H,20,21). The van der Waals surface area contributed by atoms with Crippen molar-refractivity contribution in [3.63, 3.8) is 0 Å². The fourth-order valence-corrected chi connectivity index (χ4v) is 4.14. The van der Waals surface area contributed by atoms with E-state index in [2.05, 4.69) is 30.1 Å². The topological polar surface area (TPSA) is 53.4 Å². The Kier molecular flexibility index (Phi) is 4.62. The van der Waals surface area contributed by atoms with Crippen LogP contribution in [0.25, 0.3) is 10.2 Å². The van der Waals surface area contributed by atoms with Crippen molar-refractivity contribution in [2.24, 2.45) is 0 Å². The van der Waals surface area contributed by atoms with E-state index in [-0.39, 0.29) is 0 Å². The number of hydrogen-bond donors (Lipinski definition) is 1. The highest BCUT2D eigenvalue weighted by molar-refractivity contribution is 7.22. The summed E-state index contributed by atoms with van der Waals surface area (Å²) in [5.74, 6) is -0.734. The van der Waals surface area contributed by atoms with Crippen LogP contribution in [0.2, 0.25) is 0 Å². The highest BCUT2D eigenvalue weighted by atomic mass is 32.1. The smallest absolute Gasteiger partial charge is 0.326 e. The van der Waals surface area contributed by atoms with E-state index in [4.69, 9.17) is 0 Å². The van der Waals surface area contributed by atoms with Gasteiger partial charge in [-0.2, -0.15) is 0 Å². The van der Waals surface area contributed by atoms with Gasteiger partial charge in [-0.3, -0.25) is 0 Å². The summed E-state index contributed by atoms with van der Waals surface area (Å²) in [6.07, 6.45) is 6.24. The Hall–Kier alpha value is -1.62. The number of aliphatic carboxylic acids is 1. The lowest BCUT2D eigenvalue weighted by atomic mass is 10.0. The third kappa shape index (κ3) is 3.09. The molecule has 0 saturated carbocycles. The van der Waals surface area contributed by atoms with Crippen LogP contribution in [0.15, 0.2) is 18.2 Å². The first kappa shape index (κ1) is 15.3. The van der Waals surface area contributed by atoms with Gasteiger partial charge in [0, 0.05) is 6.54 Å². The van der Waals surface area contributed by atoms with Gasteiger partial charge >= 0.3 is 5.97 Å². The predicted octanol–water partition coefficient (Wildman–Crippen LogP) is 4.08. The minimum absolute atomic E-state index is 0.422. The molecule has 0 bridgehead atoms. The number of rotatable bonds is 5. The van der Waals surface area contributed by atoms with Crippen molar-refractivity contribution in [3.8, 4) is 0 Å². The van der Waals surface area contributed by atoms with Crippen LogP contribution in [0.5, 0.6) is 0 Å². The molecule has 1 fully saturated rings. The number of carboxylic acid groups (broad SMARTS) is 1. The minimum atomic E-state index is -0.734. The van der Waals surface area contributed by atoms with Crippen LogP contribution in [0.3, 0.4) is 0 Å². The molecule has 0 spiro atoms. The highest BCUT2D eigenvalue weighted by Gasteiger charge is 2.30. The molecule has 1 atom stereocenters. The van der Waals surface area contributed by atoms with E-state index < -0.39 is 12.0 Å². The number of carboxylic acids is 1. The molecular weight excluding hydrogens is 296 g/mol. The van der Waals surface area contributed by atoms with Crippen molar-refractivity contribution in [1.82, 2.24) is 4.98 Å². The van der Waals surface area contributed by atoms with Crippen molar-refractivity contribution < 1.29 is 9.90 Å². The summed E-state index contributed by atoms with van der Waals surface area (Å²) in [5.41, 5.74) is 2.33. The van der Waals surface area contributed by atoms with Gasteiger partial charge in [-0.25, -0.2) is 9.78 Å². The van der Waals surface area contributed by atoms with E-state index >= 15 is 0 Å². The molecule has 1 aromatic carbocycles. The maximum atomic E-state index is 11.5. The third-order valence-corrected chi connectivity index (χ3v) is 5.35. The molecule has 22 heavy (non-hydrogen) atoms. The van der Waals surface area contributed by atoms with Crippen LogP contribution in [0.4, 0.5) is 5.13 Å². The second kappa shape index (κ2) is 6.65. The molecule has 118 valence electrons. The zero-order chi connectivity index (χ0) is 15.5. The van der Waals surface area contributed by atoms with Crippen molar-refractivity contribution in [3.05, 3.63) is 23.8 Å². The maximum absolute atomic E-state index is 11.5. The maximum Gasteiger partial charge on any atom is 0.326 e. The number of piperidine rings is 1. The second-order valence-corrected chi connectivity index (χ2v) is 6.95. The van der Waals surface area contributed by atoms with E-state index in [1.165, 1.54) is 23.1 Å². The molecule has 2 heterocycles. The van der Waals surface area contributed by atoms with Crippen molar-refractivity contribution in [2.75, 3.05) is 11.4 Å². The summed E-state index contributed by atoms with van der Waals surface area (Å²) in [4.78, 5) is 18.1. The lowest BCUT2D eigenvalue weighted by Crippen LogP contribution is -2.44. The molecule has 0 aliphatic carbocycles. The van der Waals surface area contributed by atoms with Crippen LogP contribution in [-0.4, -0.2) is 28.6 Å². The van der Waals surface area contributed by atoms with E-state index in [1.807, 2.05) is 4.90 Å². The number of thiazole rings is 1. The summed E-state index contributed by atoms with van der Waals surface area (Å²) < 4.78 is 1.17. The number of nitrogens with zero attached hydrogens (tertiary/aromatic N) is 2. The largest absolute Gasteiger partial charge is 0.480 e. The zero-order valence-corrected chi connectivity index (χ0v) is 13.7. The summed E-state index contributed by atoms with van der Waals surface area (Å²) in [7, 11) is 0. The fourth-order valence-electron chi connectivity index (χ4n) is 3.03. The van der Waals surface area contributed by atoms with Crippen LogP contribution in [0, 0.1) is 0 Å². The lowest BCUT2D eigenvalue weighted by molar-refractivity contribution is -0.139. The molecule has 3 rings (SSSR count). The average molecular weight is 318 g/mol. The molecule has 1 saturated heterocycles. The van der Waals surface area contributed by atoms with E-state index in [9.17, 15) is 9.90 Å². The normalized spacial score (nSPS) is 18.8. The molecule has 5 heteroatoms. The Bertz CT molecular complexity index is 668. The monoisotopic (exact) mass is 318 g/mol. The van der Waals surface area contributed by atoms with E-state index in [1.54, 1.807) is 11.3 Å². The Morgan fingerprint density at radius 2 is 2.32 bits per heavy atom. The Morgan fingerprint density at radius 1 is 1.45 bits per heavy atom. The molecule has 2 aromatic rings. The van der Waals surface area contributed by atoms with Gasteiger partial charge < -0.3 is 10.0 Å². The third-order valence-electron chi connectivity index (χ3n) is 4.29. The molecular formula is C17H22N2O2S. The van der Waals surface area contributed by atoms with Crippen LogP contribution >= 0.6 is 11.3 Å². The Balaban J connectivity index is 1.88. The first-order valence-corrected chi connectivity index (χ1v) is 8.89. The highest BCUT2D eigenvalue weighted by Crippen LogP contribution is 2.33. The molecule has 0 radical (unpaired) electrons. The van der Waals surface area contributed by atoms with Crippen LogP contribution in [-0.2, 0) is 11.2 Å². The number of anilines is 1. The number of unbranched alkanes of at least 4 members (excludes halogenated alkanes) is 1. The fraction of sp³-hybridized carbons (Fsp3) is 0.529. The first-order chi connectivity index (χ1) is 10.7. The van der Waals surface area contributed by atoms with Crippen molar-refractivity contribution in [2.45, 2.75) is 51.5 Å². The molecule has 4 nitrogen and oxygen atoms in total. The van der Waals surface area contributed by atoms with E-state index in [0.29, 0.717) is 6.42 Å². The number of hydrogen-bond acceptors (Lipinski definition) is 4. The van der Waals surface area contributed by atoms with Crippen molar-refractivity contribution in [1.29, 1.82) is 0 Å². The quantitative estimate of drug-likeness (QED) is 0.902. The van der Waals surface area contributed by atoms with Gasteiger partial charge in [0.1, 0.15) is 6.04 Å². The molecule has 1 aliphatic rings. The molecule has 1 N–H and O–H groups in total. The van der Waals surface area contributed by atoms with Crippen molar-refractivity contribution >= 4 is 32.7 Å². The van der Waals surface area contributed by atoms with Gasteiger partial charge in [0.2, 0.25) is 0 Å². The molecule has 1 aromatic heterocycles. The van der Waals surface area contributed by atoms with Gasteiger partial charge in [-0.15, -0.1) is 0 Å². The number of carbonyl (C=O) groups is 1. The number of benzene rings is 1. The predicted molar refractivity (Wildman–Crippen MR) is 90.9 cm³/mol. The second-order valence-electron chi connectivity index (χ2n) is 5.95. The first-order valence-electron chi connectivity index (χ1n) is 8.08. The number of fused-ring (bicyclic) bond motifs is 1. The summed E-state index contributed by atoms with van der Waals surface area (Å²) in [5, 5.41) is 10.3. The van der Waals surface area contributed by atoms with E-state index in [0.717, 1.165) is 36.5 Å². The Labute approximate surface area is 134 Å². The SMILES string of the molecule is CCCCc1ccc2nc(N3CCCCC3C(=O)O)sc2c1. The summed E-state index contributed by atoms with van der Waals surface area (Å²) in [6, 6.07) is 6.01. The zero-order valence-electron chi connectivity index (χ0n) is 12.9. The summed E-state index contributed by atoms with van der Waals surface area (Å²) >= 11 is 1.62. The molecule has 1 unspecified atom stereocenters. The summed E-state index contributed by atoms with van der Waals surface area (Å²) in [6.45, 7) is 2.99. The van der Waals surface area contributed by atoms with Gasteiger partial charge in [0.05, 0.1) is 10.2 Å². The number of aromatic nitrogens is 1. The minimum Gasteiger partial charge on any atom is -0.480 e. The average Bonchev–Trinajstić information content (AvgIpc) is 2.95. The van der Waals surface area contributed by atoms with Crippen LogP contribution < -0.4 is 4.90 Å². The lowest BCUT2D eigenvalue weighted by Gasteiger charge is -2.32.